The van der Waals surface area contributed by atoms with Crippen LogP contribution < -0.4 is 0 Å². The number of carbonyl (C=O) groups excluding carboxylic acids is 1. The summed E-state index contributed by atoms with van der Waals surface area (Å²) in [5, 5.41) is 3.02. The van der Waals surface area contributed by atoms with Gasteiger partial charge in [-0.25, -0.2) is 12.8 Å². The van der Waals surface area contributed by atoms with Gasteiger partial charge >= 0.3 is 0 Å². The van der Waals surface area contributed by atoms with E-state index in [9.17, 15) is 17.6 Å². The van der Waals surface area contributed by atoms with Crippen molar-refractivity contribution in [1.82, 2.24) is 14.7 Å². The molecule has 138 valence electrons. The number of carbonyl (C=O) groups is 1. The quantitative estimate of drug-likeness (QED) is 0.706. The highest BCUT2D eigenvalue weighted by Crippen LogP contribution is 2.37. The lowest BCUT2D eigenvalue weighted by molar-refractivity contribution is -0.193. The van der Waals surface area contributed by atoms with Crippen molar-refractivity contribution in [2.24, 2.45) is 5.41 Å². The third kappa shape index (κ3) is 2.85. The van der Waals surface area contributed by atoms with Gasteiger partial charge in [0.1, 0.15) is 10.9 Å². The molecule has 1 aromatic rings. The molecule has 4 heterocycles. The summed E-state index contributed by atoms with van der Waals surface area (Å²) >= 11 is 0. The number of halogens is 1. The van der Waals surface area contributed by atoms with Gasteiger partial charge in [-0.1, -0.05) is 0 Å². The summed E-state index contributed by atoms with van der Waals surface area (Å²) in [7, 11) is -3.43. The zero-order chi connectivity index (χ0) is 17.9. The first kappa shape index (κ1) is 16.9. The number of nitrogens with zero attached hydrogens (tertiary/aromatic N) is 3. The van der Waals surface area contributed by atoms with Crippen LogP contribution >= 0.6 is 0 Å². The molecule has 1 aromatic heterocycles. The zero-order valence-corrected chi connectivity index (χ0v) is 14.7. The average Bonchev–Trinajstić information content (AvgIpc) is 2.89. The fraction of sp³-hybridized carbons (Fsp3) is 0.733. The Morgan fingerprint density at radius 3 is 2.68 bits per heavy atom. The van der Waals surface area contributed by atoms with Crippen molar-refractivity contribution in [3.63, 3.8) is 0 Å². The summed E-state index contributed by atoms with van der Waals surface area (Å²) < 4.78 is 50.4. The maximum Gasteiger partial charge on any atom is 0.233 e. The minimum atomic E-state index is -3.43. The Kier molecular flexibility index (Phi) is 3.71. The molecule has 3 saturated heterocycles. The lowest BCUT2D eigenvalue weighted by Crippen LogP contribution is -2.73. The van der Waals surface area contributed by atoms with Crippen molar-refractivity contribution in [1.29, 1.82) is 0 Å². The average molecular weight is 373 g/mol. The molecule has 8 nitrogen and oxygen atoms in total. The van der Waals surface area contributed by atoms with Gasteiger partial charge in [0.2, 0.25) is 5.91 Å². The predicted octanol–water partition coefficient (Wildman–Crippen LogP) is -0.547. The number of hydrogen-bond donors (Lipinski definition) is 0. The molecule has 1 atom stereocenters. The van der Waals surface area contributed by atoms with Crippen molar-refractivity contribution in [2.75, 3.05) is 38.7 Å². The molecule has 0 aliphatic carbocycles. The van der Waals surface area contributed by atoms with E-state index in [4.69, 9.17) is 9.47 Å². The van der Waals surface area contributed by atoms with Crippen molar-refractivity contribution in [3.05, 3.63) is 18.2 Å². The fourth-order valence-corrected chi connectivity index (χ4v) is 5.49. The Morgan fingerprint density at radius 2 is 2.16 bits per heavy atom. The lowest BCUT2D eigenvalue weighted by Gasteiger charge is -2.54. The third-order valence-electron chi connectivity index (χ3n) is 5.14. The second kappa shape index (κ2) is 5.49. The Balaban J connectivity index is 1.39. The van der Waals surface area contributed by atoms with Gasteiger partial charge in [-0.05, 0) is 6.92 Å². The number of aromatic nitrogens is 2. The Bertz CT molecular complexity index is 798. The smallest absolute Gasteiger partial charge is 0.233 e. The Morgan fingerprint density at radius 1 is 1.44 bits per heavy atom. The molecule has 25 heavy (non-hydrogen) atoms. The SMILES string of the molecule is CC1(C(=O)N2CC3(C2)CS(=O)(=O)[C@@H](Cn2cc(F)cn2)CO3)COC1. The number of amides is 1. The minimum absolute atomic E-state index is 0.0143. The maximum absolute atomic E-state index is 13.0. The van der Waals surface area contributed by atoms with Crippen molar-refractivity contribution in [2.45, 2.75) is 24.3 Å². The highest BCUT2D eigenvalue weighted by Gasteiger charge is 2.56. The van der Waals surface area contributed by atoms with Gasteiger partial charge in [-0.2, -0.15) is 5.10 Å². The van der Waals surface area contributed by atoms with Gasteiger partial charge in [0, 0.05) is 0 Å². The van der Waals surface area contributed by atoms with E-state index in [1.165, 1.54) is 4.68 Å². The van der Waals surface area contributed by atoms with Gasteiger partial charge in [-0.3, -0.25) is 9.48 Å². The molecule has 0 saturated carbocycles. The highest BCUT2D eigenvalue weighted by molar-refractivity contribution is 7.92. The molecule has 0 aromatic carbocycles. The van der Waals surface area contributed by atoms with E-state index in [0.29, 0.717) is 13.2 Å². The summed E-state index contributed by atoms with van der Waals surface area (Å²) in [6.07, 6.45) is 2.20. The molecular formula is C15H20FN3O5S. The van der Waals surface area contributed by atoms with E-state index in [0.717, 1.165) is 12.4 Å². The second-order valence-corrected chi connectivity index (χ2v) is 9.80. The monoisotopic (exact) mass is 373 g/mol. The van der Waals surface area contributed by atoms with Crippen LogP contribution in [0.3, 0.4) is 0 Å². The van der Waals surface area contributed by atoms with Gasteiger partial charge in [0.05, 0.1) is 63.0 Å². The van der Waals surface area contributed by atoms with Crippen LogP contribution in [0.1, 0.15) is 6.92 Å². The third-order valence-corrected chi connectivity index (χ3v) is 7.37. The van der Waals surface area contributed by atoms with Crippen LogP contribution in [-0.4, -0.2) is 78.5 Å². The number of hydrogen-bond acceptors (Lipinski definition) is 6. The molecular weight excluding hydrogens is 353 g/mol. The normalized spacial score (nSPS) is 29.0. The number of likely N-dealkylation sites (tertiary alicyclic amines) is 1. The van der Waals surface area contributed by atoms with Crippen molar-refractivity contribution in [3.8, 4) is 0 Å². The summed E-state index contributed by atoms with van der Waals surface area (Å²) in [5.41, 5.74) is -1.32. The van der Waals surface area contributed by atoms with Crippen LogP contribution in [0, 0.1) is 11.2 Å². The first-order valence-corrected chi connectivity index (χ1v) is 9.84. The second-order valence-electron chi connectivity index (χ2n) is 7.52. The van der Waals surface area contributed by atoms with Crippen LogP contribution in [0.2, 0.25) is 0 Å². The zero-order valence-electron chi connectivity index (χ0n) is 13.9. The van der Waals surface area contributed by atoms with Crippen LogP contribution in [0.15, 0.2) is 12.4 Å². The molecule has 3 aliphatic heterocycles. The summed E-state index contributed by atoms with van der Waals surface area (Å²) in [4.78, 5) is 14.1. The number of sulfone groups is 1. The molecule has 1 amide bonds. The van der Waals surface area contributed by atoms with Crippen molar-refractivity contribution < 1.29 is 27.1 Å². The molecule has 0 unspecified atom stereocenters. The first-order valence-electron chi connectivity index (χ1n) is 8.12. The van der Waals surface area contributed by atoms with Gasteiger partial charge in [0.15, 0.2) is 15.7 Å². The Labute approximate surface area is 144 Å². The van der Waals surface area contributed by atoms with Crippen LogP contribution in [0.25, 0.3) is 0 Å². The molecule has 0 N–H and O–H groups in total. The van der Waals surface area contributed by atoms with Crippen molar-refractivity contribution >= 4 is 15.7 Å². The summed E-state index contributed by atoms with van der Waals surface area (Å²) in [6.45, 7) is 3.29. The van der Waals surface area contributed by atoms with E-state index in [1.54, 1.807) is 4.90 Å². The molecule has 1 spiro atoms. The van der Waals surface area contributed by atoms with Crippen LogP contribution in [-0.2, 0) is 30.7 Å². The topological polar surface area (TPSA) is 90.7 Å². The summed E-state index contributed by atoms with van der Waals surface area (Å²) in [6, 6.07) is 0. The molecule has 10 heteroatoms. The largest absolute Gasteiger partial charge is 0.379 e. The van der Waals surface area contributed by atoms with Gasteiger partial charge < -0.3 is 14.4 Å². The molecule has 0 bridgehead atoms. The molecule has 0 radical (unpaired) electrons. The van der Waals surface area contributed by atoms with E-state index >= 15 is 0 Å². The van der Waals surface area contributed by atoms with E-state index in [2.05, 4.69) is 5.10 Å². The van der Waals surface area contributed by atoms with E-state index in [1.807, 2.05) is 6.92 Å². The van der Waals surface area contributed by atoms with Crippen LogP contribution in [0.5, 0.6) is 0 Å². The van der Waals surface area contributed by atoms with Gasteiger partial charge in [0.25, 0.3) is 0 Å². The number of rotatable bonds is 3. The fourth-order valence-electron chi connectivity index (χ4n) is 3.60. The van der Waals surface area contributed by atoms with E-state index in [-0.39, 0.29) is 37.9 Å². The van der Waals surface area contributed by atoms with Gasteiger partial charge in [-0.15, -0.1) is 0 Å². The summed E-state index contributed by atoms with van der Waals surface area (Å²) in [5.74, 6) is -0.655. The van der Waals surface area contributed by atoms with E-state index < -0.39 is 31.9 Å². The number of ether oxygens (including phenoxy) is 2. The standard InChI is InChI=1S/C15H20FN3O5S/c1-14(8-23-9-14)13(20)18-6-15(7-18)10-25(21,22)12(5-24-15)4-19-3-11(16)2-17-19/h2-3,12H,4-10H2,1H3/t12-/m0/s1. The predicted molar refractivity (Wildman–Crippen MR) is 83.9 cm³/mol. The Hall–Kier alpha value is -1.52. The highest BCUT2D eigenvalue weighted by atomic mass is 32.2. The van der Waals surface area contributed by atoms with Crippen LogP contribution in [0.4, 0.5) is 4.39 Å². The first-order chi connectivity index (χ1) is 11.7. The minimum Gasteiger partial charge on any atom is -0.379 e. The molecule has 4 rings (SSSR count). The molecule has 3 fully saturated rings. The lowest BCUT2D eigenvalue weighted by atomic mass is 9.83. The molecule has 3 aliphatic rings. The maximum atomic E-state index is 13.0.